The average Bonchev–Trinajstić information content (AvgIpc) is 2.27. The van der Waals surface area contributed by atoms with Crippen molar-refractivity contribution >= 4 is 10.8 Å². The lowest BCUT2D eigenvalue weighted by molar-refractivity contribution is 0.119. The van der Waals surface area contributed by atoms with Crippen LogP contribution < -0.4 is 0 Å². The molecule has 0 radical (unpaired) electrons. The summed E-state index contributed by atoms with van der Waals surface area (Å²) in [5.74, 6) is 0. The van der Waals surface area contributed by atoms with Gasteiger partial charge in [-0.2, -0.15) is 0 Å². The number of hydrogen-bond donors (Lipinski definition) is 0. The molecule has 2 rings (SSSR count). The van der Waals surface area contributed by atoms with Gasteiger partial charge in [0.1, 0.15) is 0 Å². The van der Waals surface area contributed by atoms with Crippen LogP contribution in [0.4, 0.5) is 0 Å². The van der Waals surface area contributed by atoms with Crippen molar-refractivity contribution in [3.63, 3.8) is 0 Å². The Morgan fingerprint density at radius 2 is 1.71 bits per heavy atom. The standard InChI is InChI=1S/C13H14O/c1-10(14-2)12-8-7-11-5-3-4-6-13(11)9-12/h3-10H,1-2H3. The first-order chi connectivity index (χ1) is 6.81. The van der Waals surface area contributed by atoms with Crippen LogP contribution in [0.3, 0.4) is 0 Å². The minimum Gasteiger partial charge on any atom is -0.377 e. The highest BCUT2D eigenvalue weighted by Crippen LogP contribution is 2.21. The van der Waals surface area contributed by atoms with Crippen LogP contribution in [0.2, 0.25) is 0 Å². The predicted octanol–water partition coefficient (Wildman–Crippen LogP) is 3.55. The predicted molar refractivity (Wildman–Crippen MR) is 59.4 cm³/mol. The maximum Gasteiger partial charge on any atom is 0.0793 e. The Hall–Kier alpha value is -1.34. The van der Waals surface area contributed by atoms with Crippen LogP contribution >= 0.6 is 0 Å². The molecule has 0 aliphatic carbocycles. The molecule has 0 aliphatic heterocycles. The molecule has 72 valence electrons. The summed E-state index contributed by atoms with van der Waals surface area (Å²) in [5, 5.41) is 2.55. The van der Waals surface area contributed by atoms with Crippen LogP contribution in [-0.2, 0) is 4.74 Å². The zero-order valence-electron chi connectivity index (χ0n) is 8.53. The highest BCUT2D eigenvalue weighted by Gasteiger charge is 2.03. The summed E-state index contributed by atoms with van der Waals surface area (Å²) in [6.45, 7) is 2.06. The lowest BCUT2D eigenvalue weighted by atomic mass is 10.0. The van der Waals surface area contributed by atoms with E-state index in [1.54, 1.807) is 7.11 Å². The molecule has 0 bridgehead atoms. The molecule has 0 saturated carbocycles. The molecule has 1 nitrogen and oxygen atoms in total. The largest absolute Gasteiger partial charge is 0.377 e. The van der Waals surface area contributed by atoms with Crippen molar-refractivity contribution < 1.29 is 4.74 Å². The molecule has 0 fully saturated rings. The first kappa shape index (κ1) is 9.22. The fourth-order valence-electron chi connectivity index (χ4n) is 1.60. The van der Waals surface area contributed by atoms with Crippen molar-refractivity contribution in [2.24, 2.45) is 0 Å². The lowest BCUT2D eigenvalue weighted by Crippen LogP contribution is -1.94. The Balaban J connectivity index is 2.51. The molecule has 0 saturated heterocycles. The number of hydrogen-bond acceptors (Lipinski definition) is 1. The maximum absolute atomic E-state index is 5.29. The summed E-state index contributed by atoms with van der Waals surface area (Å²) < 4.78 is 5.29. The van der Waals surface area contributed by atoms with Crippen LogP contribution in [0, 0.1) is 0 Å². The Morgan fingerprint density at radius 1 is 1.00 bits per heavy atom. The quantitative estimate of drug-likeness (QED) is 0.697. The van der Waals surface area contributed by atoms with Gasteiger partial charge in [-0.25, -0.2) is 0 Å². The van der Waals surface area contributed by atoms with E-state index in [9.17, 15) is 0 Å². The zero-order valence-corrected chi connectivity index (χ0v) is 8.53. The van der Waals surface area contributed by atoms with Crippen molar-refractivity contribution in [3.8, 4) is 0 Å². The van der Waals surface area contributed by atoms with Crippen molar-refractivity contribution in [2.45, 2.75) is 13.0 Å². The molecule has 0 aromatic heterocycles. The van der Waals surface area contributed by atoms with Crippen LogP contribution in [0.15, 0.2) is 42.5 Å². The van der Waals surface area contributed by atoms with E-state index in [-0.39, 0.29) is 6.10 Å². The monoisotopic (exact) mass is 186 g/mol. The third-order valence-corrected chi connectivity index (χ3v) is 2.60. The summed E-state index contributed by atoms with van der Waals surface area (Å²) in [4.78, 5) is 0. The molecule has 1 atom stereocenters. The summed E-state index contributed by atoms with van der Waals surface area (Å²) >= 11 is 0. The molecule has 0 spiro atoms. The smallest absolute Gasteiger partial charge is 0.0793 e. The minimum atomic E-state index is 0.166. The number of ether oxygens (including phenoxy) is 1. The molecule has 1 unspecified atom stereocenters. The Kier molecular flexibility index (Phi) is 2.51. The molecule has 14 heavy (non-hydrogen) atoms. The molecule has 0 N–H and O–H groups in total. The molecular weight excluding hydrogens is 172 g/mol. The van der Waals surface area contributed by atoms with Crippen molar-refractivity contribution in [3.05, 3.63) is 48.0 Å². The summed E-state index contributed by atoms with van der Waals surface area (Å²) in [7, 11) is 1.74. The van der Waals surface area contributed by atoms with Gasteiger partial charge in [-0.15, -0.1) is 0 Å². The zero-order chi connectivity index (χ0) is 9.97. The van der Waals surface area contributed by atoms with Gasteiger partial charge in [0.05, 0.1) is 6.10 Å². The highest BCUT2D eigenvalue weighted by molar-refractivity contribution is 5.83. The fourth-order valence-corrected chi connectivity index (χ4v) is 1.60. The van der Waals surface area contributed by atoms with Crippen LogP contribution in [0.1, 0.15) is 18.6 Å². The molecule has 2 aromatic rings. The summed E-state index contributed by atoms with van der Waals surface area (Å²) in [5.41, 5.74) is 1.23. The third kappa shape index (κ3) is 1.64. The second-order valence-electron chi connectivity index (χ2n) is 3.48. The van der Waals surface area contributed by atoms with Crippen LogP contribution in [0.25, 0.3) is 10.8 Å². The Bertz CT molecular complexity index is 434. The first-order valence-electron chi connectivity index (χ1n) is 4.83. The van der Waals surface area contributed by atoms with E-state index < -0.39 is 0 Å². The highest BCUT2D eigenvalue weighted by atomic mass is 16.5. The van der Waals surface area contributed by atoms with Crippen molar-refractivity contribution in [2.75, 3.05) is 7.11 Å². The fraction of sp³-hybridized carbons (Fsp3) is 0.231. The summed E-state index contributed by atoms with van der Waals surface area (Å²) in [6.07, 6.45) is 0.166. The van der Waals surface area contributed by atoms with Crippen molar-refractivity contribution in [1.82, 2.24) is 0 Å². The Morgan fingerprint density at radius 3 is 2.43 bits per heavy atom. The normalized spacial score (nSPS) is 13.0. The maximum atomic E-state index is 5.29. The molecule has 1 heteroatoms. The molecule has 0 amide bonds. The van der Waals surface area contributed by atoms with E-state index in [1.165, 1.54) is 16.3 Å². The summed E-state index contributed by atoms with van der Waals surface area (Å²) in [6, 6.07) is 14.8. The van der Waals surface area contributed by atoms with Gasteiger partial charge >= 0.3 is 0 Å². The number of fused-ring (bicyclic) bond motifs is 1. The molecule has 0 aliphatic rings. The minimum absolute atomic E-state index is 0.166. The first-order valence-corrected chi connectivity index (χ1v) is 4.83. The van der Waals surface area contributed by atoms with Gasteiger partial charge in [-0.05, 0) is 29.3 Å². The van der Waals surface area contributed by atoms with E-state index in [0.29, 0.717) is 0 Å². The van der Waals surface area contributed by atoms with Gasteiger partial charge in [-0.3, -0.25) is 0 Å². The molecule has 2 aromatic carbocycles. The van der Waals surface area contributed by atoms with Crippen LogP contribution in [-0.4, -0.2) is 7.11 Å². The van der Waals surface area contributed by atoms with Gasteiger partial charge in [-0.1, -0.05) is 36.4 Å². The second kappa shape index (κ2) is 3.81. The second-order valence-corrected chi connectivity index (χ2v) is 3.48. The number of benzene rings is 2. The van der Waals surface area contributed by atoms with E-state index in [1.807, 2.05) is 0 Å². The van der Waals surface area contributed by atoms with Crippen molar-refractivity contribution in [1.29, 1.82) is 0 Å². The number of methoxy groups -OCH3 is 1. The Labute approximate surface area is 84.3 Å². The average molecular weight is 186 g/mol. The third-order valence-electron chi connectivity index (χ3n) is 2.60. The SMILES string of the molecule is COC(C)c1ccc2ccccc2c1. The van der Waals surface area contributed by atoms with Gasteiger partial charge in [0, 0.05) is 7.11 Å². The van der Waals surface area contributed by atoms with E-state index >= 15 is 0 Å². The van der Waals surface area contributed by atoms with E-state index in [2.05, 4.69) is 49.4 Å². The van der Waals surface area contributed by atoms with E-state index in [0.717, 1.165) is 0 Å². The van der Waals surface area contributed by atoms with Gasteiger partial charge < -0.3 is 4.74 Å². The lowest BCUT2D eigenvalue weighted by Gasteiger charge is -2.10. The van der Waals surface area contributed by atoms with Gasteiger partial charge in [0.25, 0.3) is 0 Å². The van der Waals surface area contributed by atoms with Gasteiger partial charge in [0.15, 0.2) is 0 Å². The molecular formula is C13H14O. The van der Waals surface area contributed by atoms with Crippen LogP contribution in [0.5, 0.6) is 0 Å². The van der Waals surface area contributed by atoms with E-state index in [4.69, 9.17) is 4.74 Å². The topological polar surface area (TPSA) is 9.23 Å². The van der Waals surface area contributed by atoms with Gasteiger partial charge in [0.2, 0.25) is 0 Å². The molecule has 0 heterocycles. The number of rotatable bonds is 2.